The summed E-state index contributed by atoms with van der Waals surface area (Å²) in [6, 6.07) is 4.27. The molecule has 0 aliphatic rings. The normalized spacial score (nSPS) is 11.8. The van der Waals surface area contributed by atoms with Crippen LogP contribution >= 0.6 is 0 Å². The lowest BCUT2D eigenvalue weighted by Gasteiger charge is -2.05. The quantitative estimate of drug-likeness (QED) is 0.927. The van der Waals surface area contributed by atoms with Crippen molar-refractivity contribution in [2.45, 2.75) is 19.6 Å². The fourth-order valence-corrected chi connectivity index (χ4v) is 1.58. The van der Waals surface area contributed by atoms with Gasteiger partial charge in [-0.1, -0.05) is 6.92 Å². The van der Waals surface area contributed by atoms with E-state index in [0.717, 1.165) is 18.3 Å². The van der Waals surface area contributed by atoms with Gasteiger partial charge in [0.2, 0.25) is 0 Å². The first-order valence-corrected chi connectivity index (χ1v) is 5.79. The molecule has 2 aromatic rings. The summed E-state index contributed by atoms with van der Waals surface area (Å²) >= 11 is 0. The predicted octanol–water partition coefficient (Wildman–Crippen LogP) is 2.40. The van der Waals surface area contributed by atoms with E-state index >= 15 is 0 Å². The highest BCUT2D eigenvalue weighted by molar-refractivity contribution is 5.31. The van der Waals surface area contributed by atoms with Crippen LogP contribution in [0.2, 0.25) is 0 Å². The summed E-state index contributed by atoms with van der Waals surface area (Å²) in [5.41, 5.74) is 0.402. The summed E-state index contributed by atoms with van der Waals surface area (Å²) in [6.45, 7) is 3.33. The van der Waals surface area contributed by atoms with Crippen molar-refractivity contribution in [2.24, 2.45) is 0 Å². The van der Waals surface area contributed by atoms with Gasteiger partial charge in [-0.05, 0) is 24.7 Å². The van der Waals surface area contributed by atoms with Crippen molar-refractivity contribution in [3.63, 3.8) is 0 Å². The van der Waals surface area contributed by atoms with E-state index in [4.69, 9.17) is 0 Å². The van der Waals surface area contributed by atoms with Gasteiger partial charge in [0.15, 0.2) is 5.69 Å². The zero-order chi connectivity index (χ0) is 13.9. The molecular weight excluding hydrogens is 257 g/mol. The van der Waals surface area contributed by atoms with Gasteiger partial charge in [0.25, 0.3) is 0 Å². The number of halogens is 3. The summed E-state index contributed by atoms with van der Waals surface area (Å²) in [5.74, 6) is 0. The molecule has 0 unspecified atom stereocenters. The highest BCUT2D eigenvalue weighted by atomic mass is 19.4. The van der Waals surface area contributed by atoms with E-state index in [1.165, 1.54) is 10.9 Å². The molecular formula is C12H13F3N4. The third-order valence-electron chi connectivity index (χ3n) is 2.50. The molecule has 0 aliphatic heterocycles. The summed E-state index contributed by atoms with van der Waals surface area (Å²) in [6.07, 6.45) is -1.59. The molecule has 0 atom stereocenters. The maximum absolute atomic E-state index is 12.5. The van der Waals surface area contributed by atoms with E-state index in [-0.39, 0.29) is 0 Å². The molecule has 2 aromatic heterocycles. The number of rotatable bonds is 4. The maximum atomic E-state index is 12.5. The Bertz CT molecular complexity index is 548. The fraction of sp³-hybridized carbons (Fsp3) is 0.333. The van der Waals surface area contributed by atoms with Gasteiger partial charge >= 0.3 is 6.18 Å². The Morgan fingerprint density at radius 2 is 2.11 bits per heavy atom. The zero-order valence-corrected chi connectivity index (χ0v) is 10.3. The van der Waals surface area contributed by atoms with E-state index in [2.05, 4.69) is 15.4 Å². The summed E-state index contributed by atoms with van der Waals surface area (Å²) in [4.78, 5) is 4.13. The lowest BCUT2D eigenvalue weighted by atomic mass is 10.3. The number of hydrogen-bond acceptors (Lipinski definition) is 3. The molecule has 0 fully saturated rings. The van der Waals surface area contributed by atoms with Crippen LogP contribution in [0.5, 0.6) is 0 Å². The molecule has 2 heterocycles. The standard InChI is InChI=1S/C12H13F3N4/c1-2-16-8-9-7-10(3-5-17-9)19-6-4-11(18-19)12(13,14)15/h3-7,16H,2,8H2,1H3. The Labute approximate surface area is 108 Å². The Kier molecular flexibility index (Phi) is 3.84. The highest BCUT2D eigenvalue weighted by Gasteiger charge is 2.33. The van der Waals surface area contributed by atoms with Crippen molar-refractivity contribution in [1.29, 1.82) is 0 Å². The molecule has 0 saturated heterocycles. The van der Waals surface area contributed by atoms with Crippen molar-refractivity contribution in [3.8, 4) is 5.69 Å². The average molecular weight is 270 g/mol. The SMILES string of the molecule is CCNCc1cc(-n2ccc(C(F)(F)F)n2)ccn1. The van der Waals surface area contributed by atoms with Gasteiger partial charge in [0.1, 0.15) is 0 Å². The third-order valence-corrected chi connectivity index (χ3v) is 2.50. The minimum Gasteiger partial charge on any atom is -0.311 e. The largest absolute Gasteiger partial charge is 0.435 e. The summed E-state index contributed by atoms with van der Waals surface area (Å²) < 4.78 is 38.6. The average Bonchev–Trinajstić information content (AvgIpc) is 2.86. The van der Waals surface area contributed by atoms with Crippen molar-refractivity contribution in [3.05, 3.63) is 42.0 Å². The van der Waals surface area contributed by atoms with Crippen LogP contribution < -0.4 is 5.32 Å². The first-order valence-electron chi connectivity index (χ1n) is 5.79. The smallest absolute Gasteiger partial charge is 0.311 e. The van der Waals surface area contributed by atoms with Crippen molar-refractivity contribution in [2.75, 3.05) is 6.54 Å². The number of hydrogen-bond donors (Lipinski definition) is 1. The molecule has 7 heteroatoms. The van der Waals surface area contributed by atoms with Crippen LogP contribution in [0.25, 0.3) is 5.69 Å². The maximum Gasteiger partial charge on any atom is 0.435 e. The van der Waals surface area contributed by atoms with E-state index in [1.807, 2.05) is 6.92 Å². The Hall–Kier alpha value is -1.89. The Morgan fingerprint density at radius 3 is 2.74 bits per heavy atom. The molecule has 0 amide bonds. The van der Waals surface area contributed by atoms with Crippen LogP contribution in [0.15, 0.2) is 30.6 Å². The minimum atomic E-state index is -4.43. The number of pyridine rings is 1. The molecule has 0 bridgehead atoms. The lowest BCUT2D eigenvalue weighted by molar-refractivity contribution is -0.141. The molecule has 4 nitrogen and oxygen atoms in total. The molecule has 0 aliphatic carbocycles. The first kappa shape index (κ1) is 13.5. The predicted molar refractivity (Wildman–Crippen MR) is 63.7 cm³/mol. The van der Waals surface area contributed by atoms with Gasteiger partial charge in [-0.2, -0.15) is 18.3 Å². The van der Waals surface area contributed by atoms with Crippen LogP contribution in [0.3, 0.4) is 0 Å². The number of alkyl halides is 3. The van der Waals surface area contributed by atoms with Crippen molar-refractivity contribution < 1.29 is 13.2 Å². The van der Waals surface area contributed by atoms with E-state index in [0.29, 0.717) is 12.2 Å². The third kappa shape index (κ3) is 3.31. The molecule has 0 saturated carbocycles. The molecule has 0 spiro atoms. The Balaban J connectivity index is 2.24. The van der Waals surface area contributed by atoms with E-state index in [1.54, 1.807) is 18.3 Å². The molecule has 0 radical (unpaired) electrons. The van der Waals surface area contributed by atoms with Gasteiger partial charge in [-0.25, -0.2) is 4.68 Å². The zero-order valence-electron chi connectivity index (χ0n) is 10.3. The van der Waals surface area contributed by atoms with Gasteiger partial charge in [-0.3, -0.25) is 4.98 Å². The van der Waals surface area contributed by atoms with Crippen LogP contribution in [0.1, 0.15) is 18.3 Å². The summed E-state index contributed by atoms with van der Waals surface area (Å²) in [5, 5.41) is 6.62. The van der Waals surface area contributed by atoms with Crippen LogP contribution in [-0.2, 0) is 12.7 Å². The molecule has 0 aromatic carbocycles. The van der Waals surface area contributed by atoms with Gasteiger partial charge in [0.05, 0.1) is 11.4 Å². The van der Waals surface area contributed by atoms with Crippen molar-refractivity contribution in [1.82, 2.24) is 20.1 Å². The highest BCUT2D eigenvalue weighted by Crippen LogP contribution is 2.27. The van der Waals surface area contributed by atoms with Crippen LogP contribution in [0, 0.1) is 0 Å². The molecule has 102 valence electrons. The second-order valence-electron chi connectivity index (χ2n) is 3.93. The lowest BCUT2D eigenvalue weighted by Crippen LogP contribution is -2.13. The minimum absolute atomic E-state index is 0.554. The van der Waals surface area contributed by atoms with Gasteiger partial charge in [-0.15, -0.1) is 0 Å². The number of nitrogens with one attached hydrogen (secondary N) is 1. The van der Waals surface area contributed by atoms with E-state index < -0.39 is 11.9 Å². The fourth-order valence-electron chi connectivity index (χ4n) is 1.58. The molecule has 1 N–H and O–H groups in total. The molecule has 2 rings (SSSR count). The van der Waals surface area contributed by atoms with Crippen LogP contribution in [-0.4, -0.2) is 21.3 Å². The molecule has 19 heavy (non-hydrogen) atoms. The van der Waals surface area contributed by atoms with Gasteiger partial charge < -0.3 is 5.32 Å². The topological polar surface area (TPSA) is 42.7 Å². The van der Waals surface area contributed by atoms with Crippen LogP contribution in [0.4, 0.5) is 13.2 Å². The number of aromatic nitrogens is 3. The monoisotopic (exact) mass is 270 g/mol. The second kappa shape index (κ2) is 5.40. The Morgan fingerprint density at radius 1 is 1.32 bits per heavy atom. The van der Waals surface area contributed by atoms with E-state index in [9.17, 15) is 13.2 Å². The summed E-state index contributed by atoms with van der Waals surface area (Å²) in [7, 11) is 0. The van der Waals surface area contributed by atoms with Gasteiger partial charge in [0, 0.05) is 18.9 Å². The number of nitrogens with zero attached hydrogens (tertiary/aromatic N) is 3. The van der Waals surface area contributed by atoms with Crippen molar-refractivity contribution >= 4 is 0 Å². The second-order valence-corrected chi connectivity index (χ2v) is 3.93. The first-order chi connectivity index (χ1) is 9.00.